The second-order valence-corrected chi connectivity index (χ2v) is 7.90. The second-order valence-electron chi connectivity index (χ2n) is 5.89. The Morgan fingerprint density at radius 2 is 1.95 bits per heavy atom. The third-order valence-electron chi connectivity index (χ3n) is 2.90. The molecule has 20 heavy (non-hydrogen) atoms. The van der Waals surface area contributed by atoms with Crippen LogP contribution >= 0.6 is 0 Å². The Morgan fingerprint density at radius 3 is 2.40 bits per heavy atom. The van der Waals surface area contributed by atoms with Crippen molar-refractivity contribution in [2.45, 2.75) is 45.3 Å². The normalized spacial score (nSPS) is 18.6. The first-order chi connectivity index (χ1) is 9.14. The van der Waals surface area contributed by atoms with E-state index in [1.54, 1.807) is 20.8 Å². The van der Waals surface area contributed by atoms with Gasteiger partial charge < -0.3 is 10.1 Å². The summed E-state index contributed by atoms with van der Waals surface area (Å²) in [7, 11) is -3.24. The van der Waals surface area contributed by atoms with Gasteiger partial charge in [-0.15, -0.1) is 6.58 Å². The van der Waals surface area contributed by atoms with Crippen LogP contribution in [-0.4, -0.2) is 49.3 Å². The summed E-state index contributed by atoms with van der Waals surface area (Å²) in [6.45, 7) is 9.68. The zero-order valence-electron chi connectivity index (χ0n) is 12.4. The number of alkyl carbamates (subject to hydrolysis) is 1. The van der Waals surface area contributed by atoms with E-state index in [-0.39, 0.29) is 11.8 Å². The van der Waals surface area contributed by atoms with Crippen molar-refractivity contribution in [3.8, 4) is 0 Å². The van der Waals surface area contributed by atoms with Crippen LogP contribution in [0.2, 0.25) is 0 Å². The number of carbonyl (C=O) groups is 1. The number of hydrogen-bond donors (Lipinski definition) is 1. The summed E-state index contributed by atoms with van der Waals surface area (Å²) in [5.74, 6) is -0.0445. The third-order valence-corrected chi connectivity index (χ3v) is 4.71. The van der Waals surface area contributed by atoms with E-state index < -0.39 is 21.7 Å². The van der Waals surface area contributed by atoms with Gasteiger partial charge in [-0.05, 0) is 33.6 Å². The molecule has 1 saturated heterocycles. The van der Waals surface area contributed by atoms with E-state index >= 15 is 0 Å². The van der Waals surface area contributed by atoms with Crippen LogP contribution in [0.25, 0.3) is 0 Å². The highest BCUT2D eigenvalue weighted by Gasteiger charge is 2.28. The summed E-state index contributed by atoms with van der Waals surface area (Å²) in [6.07, 6.45) is 2.12. The van der Waals surface area contributed by atoms with E-state index in [0.717, 1.165) is 0 Å². The fraction of sp³-hybridized carbons (Fsp3) is 0.769. The molecule has 0 bridgehead atoms. The quantitative estimate of drug-likeness (QED) is 0.798. The molecule has 1 fully saturated rings. The van der Waals surface area contributed by atoms with E-state index in [0.29, 0.717) is 25.9 Å². The highest BCUT2D eigenvalue weighted by molar-refractivity contribution is 7.89. The van der Waals surface area contributed by atoms with Gasteiger partial charge in [-0.1, -0.05) is 6.08 Å². The fourth-order valence-corrected chi connectivity index (χ4v) is 3.28. The Kier molecular flexibility index (Phi) is 5.59. The molecular formula is C13H24N2O4S. The first-order valence-corrected chi connectivity index (χ1v) is 8.33. The van der Waals surface area contributed by atoms with Crippen molar-refractivity contribution in [1.82, 2.24) is 9.62 Å². The molecule has 0 unspecified atom stereocenters. The predicted octanol–water partition coefficient (Wildman–Crippen LogP) is 1.49. The molecule has 0 aliphatic carbocycles. The lowest BCUT2D eigenvalue weighted by atomic mass is 10.1. The van der Waals surface area contributed by atoms with Crippen LogP contribution in [0, 0.1) is 0 Å². The van der Waals surface area contributed by atoms with E-state index in [1.165, 1.54) is 10.4 Å². The van der Waals surface area contributed by atoms with Gasteiger partial charge in [0.05, 0.1) is 5.75 Å². The van der Waals surface area contributed by atoms with Crippen molar-refractivity contribution < 1.29 is 17.9 Å². The highest BCUT2D eigenvalue weighted by Crippen LogP contribution is 2.15. The summed E-state index contributed by atoms with van der Waals surface area (Å²) in [6, 6.07) is -0.0416. The fourth-order valence-electron chi connectivity index (χ4n) is 2.01. The van der Waals surface area contributed by atoms with Gasteiger partial charge in [0.25, 0.3) is 0 Å². The summed E-state index contributed by atoms with van der Waals surface area (Å²) in [5.41, 5.74) is -0.530. The van der Waals surface area contributed by atoms with Gasteiger partial charge in [0.1, 0.15) is 5.60 Å². The van der Waals surface area contributed by atoms with E-state index in [2.05, 4.69) is 11.9 Å². The highest BCUT2D eigenvalue weighted by atomic mass is 32.2. The Labute approximate surface area is 121 Å². The van der Waals surface area contributed by atoms with Crippen LogP contribution in [0.1, 0.15) is 33.6 Å². The van der Waals surface area contributed by atoms with Gasteiger partial charge >= 0.3 is 6.09 Å². The average molecular weight is 304 g/mol. The third kappa shape index (κ3) is 5.50. The molecule has 1 rings (SSSR count). The van der Waals surface area contributed by atoms with Crippen molar-refractivity contribution in [1.29, 1.82) is 0 Å². The molecule has 0 spiro atoms. The molecule has 0 aromatic carbocycles. The lowest BCUT2D eigenvalue weighted by Crippen LogP contribution is -2.47. The maximum atomic E-state index is 11.8. The van der Waals surface area contributed by atoms with Crippen LogP contribution in [0.5, 0.6) is 0 Å². The van der Waals surface area contributed by atoms with Crippen LogP contribution in [0.3, 0.4) is 0 Å². The van der Waals surface area contributed by atoms with Gasteiger partial charge in [-0.2, -0.15) is 0 Å². The Bertz CT molecular complexity index is 445. The number of amides is 1. The summed E-state index contributed by atoms with van der Waals surface area (Å²) < 4.78 is 30.3. The molecular weight excluding hydrogens is 280 g/mol. The van der Waals surface area contributed by atoms with Crippen molar-refractivity contribution in [3.63, 3.8) is 0 Å². The van der Waals surface area contributed by atoms with Crippen molar-refractivity contribution in [2.24, 2.45) is 0 Å². The number of nitrogens with zero attached hydrogens (tertiary/aromatic N) is 1. The van der Waals surface area contributed by atoms with Crippen LogP contribution < -0.4 is 5.32 Å². The molecule has 1 amide bonds. The molecule has 6 nitrogen and oxygen atoms in total. The minimum absolute atomic E-state index is 0.0416. The average Bonchev–Trinajstić information content (AvgIpc) is 2.26. The Balaban J connectivity index is 2.43. The van der Waals surface area contributed by atoms with E-state index in [4.69, 9.17) is 4.74 Å². The molecule has 1 N–H and O–H groups in total. The van der Waals surface area contributed by atoms with Crippen molar-refractivity contribution in [3.05, 3.63) is 12.7 Å². The molecule has 7 heteroatoms. The topological polar surface area (TPSA) is 75.7 Å². The second kappa shape index (κ2) is 6.58. The van der Waals surface area contributed by atoms with Gasteiger partial charge in [0.15, 0.2) is 0 Å². The van der Waals surface area contributed by atoms with Gasteiger partial charge in [-0.25, -0.2) is 17.5 Å². The number of piperidine rings is 1. The number of ether oxygens (including phenoxy) is 1. The van der Waals surface area contributed by atoms with Gasteiger partial charge in [-0.3, -0.25) is 0 Å². The minimum Gasteiger partial charge on any atom is -0.444 e. The molecule has 1 aliphatic heterocycles. The lowest BCUT2D eigenvalue weighted by molar-refractivity contribution is 0.0489. The first kappa shape index (κ1) is 17.0. The summed E-state index contributed by atoms with van der Waals surface area (Å²) in [4.78, 5) is 11.6. The lowest BCUT2D eigenvalue weighted by Gasteiger charge is -2.31. The van der Waals surface area contributed by atoms with Crippen molar-refractivity contribution in [2.75, 3.05) is 18.8 Å². The minimum atomic E-state index is -3.24. The number of nitrogens with one attached hydrogen (secondary N) is 1. The van der Waals surface area contributed by atoms with Gasteiger partial charge in [0.2, 0.25) is 10.0 Å². The zero-order valence-corrected chi connectivity index (χ0v) is 13.2. The molecule has 0 aromatic rings. The summed E-state index contributed by atoms with van der Waals surface area (Å²) >= 11 is 0. The smallest absolute Gasteiger partial charge is 0.407 e. The standard InChI is InChI=1S/C13H24N2O4S/c1-5-10-20(17,18)15-8-6-11(7-9-15)14-12(16)19-13(2,3)4/h5,11H,1,6-10H2,2-4H3,(H,14,16). The molecule has 1 aliphatic rings. The number of sulfonamides is 1. The molecule has 0 aromatic heterocycles. The van der Waals surface area contributed by atoms with Crippen molar-refractivity contribution >= 4 is 16.1 Å². The monoisotopic (exact) mass is 304 g/mol. The zero-order chi connectivity index (χ0) is 15.4. The van der Waals surface area contributed by atoms with Crippen LogP contribution in [-0.2, 0) is 14.8 Å². The molecule has 116 valence electrons. The number of carbonyl (C=O) groups excluding carboxylic acids is 1. The molecule has 0 radical (unpaired) electrons. The first-order valence-electron chi connectivity index (χ1n) is 6.72. The number of hydrogen-bond acceptors (Lipinski definition) is 4. The maximum Gasteiger partial charge on any atom is 0.407 e. The van der Waals surface area contributed by atoms with E-state index in [1.807, 2.05) is 0 Å². The predicted molar refractivity (Wildman–Crippen MR) is 77.9 cm³/mol. The molecule has 1 heterocycles. The maximum absolute atomic E-state index is 11.8. The number of rotatable bonds is 4. The van der Waals surface area contributed by atoms with Crippen LogP contribution in [0.15, 0.2) is 12.7 Å². The summed E-state index contributed by atoms with van der Waals surface area (Å²) in [5, 5.41) is 2.78. The Morgan fingerprint density at radius 1 is 1.40 bits per heavy atom. The Hall–Kier alpha value is -1.08. The molecule has 0 saturated carbocycles. The SMILES string of the molecule is C=CCS(=O)(=O)N1CCC(NC(=O)OC(C)(C)C)CC1. The van der Waals surface area contributed by atoms with E-state index in [9.17, 15) is 13.2 Å². The largest absolute Gasteiger partial charge is 0.444 e. The van der Waals surface area contributed by atoms with Gasteiger partial charge in [0, 0.05) is 19.1 Å². The molecule has 0 atom stereocenters. The van der Waals surface area contributed by atoms with Crippen LogP contribution in [0.4, 0.5) is 4.79 Å².